The van der Waals surface area contributed by atoms with Crippen molar-refractivity contribution in [1.82, 2.24) is 14.9 Å². The zero-order valence-electron chi connectivity index (χ0n) is 11.2. The molecule has 0 aliphatic carbocycles. The molecule has 3 rings (SSSR count). The quantitative estimate of drug-likeness (QED) is 0.850. The molecule has 96 valence electrons. The number of hydrogen-bond donors (Lipinski definition) is 2. The van der Waals surface area contributed by atoms with Crippen molar-refractivity contribution in [2.45, 2.75) is 31.8 Å². The van der Waals surface area contributed by atoms with Crippen LogP contribution in [0.1, 0.15) is 20.3 Å². The van der Waals surface area contributed by atoms with Gasteiger partial charge in [-0.2, -0.15) is 0 Å². The van der Waals surface area contributed by atoms with Crippen LogP contribution >= 0.6 is 0 Å². The van der Waals surface area contributed by atoms with Crippen LogP contribution in [-0.4, -0.2) is 27.7 Å². The van der Waals surface area contributed by atoms with Crippen LogP contribution < -0.4 is 10.6 Å². The third kappa shape index (κ3) is 2.08. The SMILES string of the molecule is Cn1cnc2cc(NC3CNC(C)(C)C3)ccc21. The Morgan fingerprint density at radius 1 is 1.44 bits per heavy atom. The second-order valence-corrected chi connectivity index (χ2v) is 5.87. The van der Waals surface area contributed by atoms with Crippen LogP contribution in [0.25, 0.3) is 11.0 Å². The number of nitrogens with one attached hydrogen (secondary N) is 2. The van der Waals surface area contributed by atoms with Crippen molar-refractivity contribution in [2.75, 3.05) is 11.9 Å². The topological polar surface area (TPSA) is 41.9 Å². The van der Waals surface area contributed by atoms with Gasteiger partial charge >= 0.3 is 0 Å². The largest absolute Gasteiger partial charge is 0.381 e. The van der Waals surface area contributed by atoms with Gasteiger partial charge in [-0.05, 0) is 38.5 Å². The molecule has 0 saturated carbocycles. The molecule has 1 aromatic heterocycles. The summed E-state index contributed by atoms with van der Waals surface area (Å²) in [6.45, 7) is 5.51. The summed E-state index contributed by atoms with van der Waals surface area (Å²) >= 11 is 0. The van der Waals surface area contributed by atoms with E-state index < -0.39 is 0 Å². The van der Waals surface area contributed by atoms with E-state index in [9.17, 15) is 0 Å². The van der Waals surface area contributed by atoms with Gasteiger partial charge < -0.3 is 15.2 Å². The second kappa shape index (κ2) is 3.99. The minimum Gasteiger partial charge on any atom is -0.381 e. The smallest absolute Gasteiger partial charge is 0.0955 e. The first-order chi connectivity index (χ1) is 8.53. The summed E-state index contributed by atoms with van der Waals surface area (Å²) in [5, 5.41) is 7.11. The first-order valence-electron chi connectivity index (χ1n) is 6.46. The highest BCUT2D eigenvalue weighted by Crippen LogP contribution is 2.23. The van der Waals surface area contributed by atoms with Crippen LogP contribution in [0.4, 0.5) is 5.69 Å². The average molecular weight is 244 g/mol. The molecular formula is C14H20N4. The predicted molar refractivity (Wildman–Crippen MR) is 74.8 cm³/mol. The van der Waals surface area contributed by atoms with Gasteiger partial charge in [0.1, 0.15) is 0 Å². The Hall–Kier alpha value is -1.55. The molecule has 1 aliphatic heterocycles. The Bertz CT molecular complexity index is 570. The van der Waals surface area contributed by atoms with Crippen LogP contribution in [0.5, 0.6) is 0 Å². The van der Waals surface area contributed by atoms with E-state index in [1.807, 2.05) is 17.9 Å². The summed E-state index contributed by atoms with van der Waals surface area (Å²) in [5.41, 5.74) is 3.62. The van der Waals surface area contributed by atoms with E-state index in [0.29, 0.717) is 6.04 Å². The van der Waals surface area contributed by atoms with E-state index in [-0.39, 0.29) is 5.54 Å². The summed E-state index contributed by atoms with van der Waals surface area (Å²) in [5.74, 6) is 0. The van der Waals surface area contributed by atoms with Gasteiger partial charge in [0.25, 0.3) is 0 Å². The monoisotopic (exact) mass is 244 g/mol. The van der Waals surface area contributed by atoms with Crippen LogP contribution in [-0.2, 0) is 7.05 Å². The van der Waals surface area contributed by atoms with Gasteiger partial charge in [0.05, 0.1) is 17.4 Å². The molecule has 0 amide bonds. The Labute approximate surface area is 107 Å². The van der Waals surface area contributed by atoms with Gasteiger partial charge in [-0.25, -0.2) is 4.98 Å². The van der Waals surface area contributed by atoms with Crippen molar-refractivity contribution in [3.8, 4) is 0 Å². The van der Waals surface area contributed by atoms with Gasteiger partial charge in [0, 0.05) is 30.9 Å². The third-order valence-electron chi connectivity index (χ3n) is 3.68. The highest BCUT2D eigenvalue weighted by atomic mass is 15.1. The highest BCUT2D eigenvalue weighted by Gasteiger charge is 2.29. The highest BCUT2D eigenvalue weighted by molar-refractivity contribution is 5.79. The molecule has 0 spiro atoms. The molecule has 0 bridgehead atoms. The number of nitrogens with zero attached hydrogens (tertiary/aromatic N) is 2. The molecule has 1 aliphatic rings. The summed E-state index contributed by atoms with van der Waals surface area (Å²) in [4.78, 5) is 4.39. The van der Waals surface area contributed by atoms with E-state index in [0.717, 1.165) is 24.2 Å². The number of benzene rings is 1. The van der Waals surface area contributed by atoms with Crippen molar-refractivity contribution in [3.05, 3.63) is 24.5 Å². The Morgan fingerprint density at radius 3 is 3.00 bits per heavy atom. The van der Waals surface area contributed by atoms with Crippen molar-refractivity contribution in [2.24, 2.45) is 7.05 Å². The first kappa shape index (κ1) is 11.5. The van der Waals surface area contributed by atoms with Crippen molar-refractivity contribution in [1.29, 1.82) is 0 Å². The first-order valence-corrected chi connectivity index (χ1v) is 6.46. The van der Waals surface area contributed by atoms with Gasteiger partial charge in [-0.1, -0.05) is 0 Å². The third-order valence-corrected chi connectivity index (χ3v) is 3.68. The summed E-state index contributed by atoms with van der Waals surface area (Å²) < 4.78 is 2.04. The minimum absolute atomic E-state index is 0.243. The van der Waals surface area contributed by atoms with Crippen LogP contribution in [0, 0.1) is 0 Å². The van der Waals surface area contributed by atoms with Gasteiger partial charge in [0.2, 0.25) is 0 Å². The number of fused-ring (bicyclic) bond motifs is 1. The van der Waals surface area contributed by atoms with Crippen LogP contribution in [0.2, 0.25) is 0 Å². The lowest BCUT2D eigenvalue weighted by atomic mass is 10.0. The van der Waals surface area contributed by atoms with E-state index in [4.69, 9.17) is 0 Å². The minimum atomic E-state index is 0.243. The maximum absolute atomic E-state index is 4.39. The summed E-state index contributed by atoms with van der Waals surface area (Å²) in [6, 6.07) is 6.88. The normalized spacial score (nSPS) is 22.5. The molecule has 2 aromatic rings. The van der Waals surface area contributed by atoms with E-state index in [2.05, 4.69) is 47.7 Å². The maximum Gasteiger partial charge on any atom is 0.0955 e. The number of hydrogen-bond acceptors (Lipinski definition) is 3. The van der Waals surface area contributed by atoms with E-state index in [1.54, 1.807) is 0 Å². The lowest BCUT2D eigenvalue weighted by molar-refractivity contribution is 0.457. The fraction of sp³-hybridized carbons (Fsp3) is 0.500. The Balaban J connectivity index is 1.79. The fourth-order valence-corrected chi connectivity index (χ4v) is 2.72. The second-order valence-electron chi connectivity index (χ2n) is 5.87. The zero-order chi connectivity index (χ0) is 12.8. The van der Waals surface area contributed by atoms with Gasteiger partial charge in [-0.15, -0.1) is 0 Å². The summed E-state index contributed by atoms with van der Waals surface area (Å²) in [7, 11) is 2.02. The Morgan fingerprint density at radius 2 is 2.28 bits per heavy atom. The van der Waals surface area contributed by atoms with Gasteiger partial charge in [0.15, 0.2) is 0 Å². The summed E-state index contributed by atoms with van der Waals surface area (Å²) in [6.07, 6.45) is 3.00. The molecule has 1 saturated heterocycles. The maximum atomic E-state index is 4.39. The van der Waals surface area contributed by atoms with Crippen LogP contribution in [0.15, 0.2) is 24.5 Å². The van der Waals surface area contributed by atoms with Crippen molar-refractivity contribution in [3.63, 3.8) is 0 Å². The molecule has 1 aromatic carbocycles. The molecule has 0 radical (unpaired) electrons. The van der Waals surface area contributed by atoms with Gasteiger partial charge in [-0.3, -0.25) is 0 Å². The molecule has 4 nitrogen and oxygen atoms in total. The lowest BCUT2D eigenvalue weighted by Gasteiger charge is -2.18. The molecule has 2 heterocycles. The Kier molecular flexibility index (Phi) is 2.55. The molecule has 2 N–H and O–H groups in total. The number of rotatable bonds is 2. The number of imidazole rings is 1. The standard InChI is InChI=1S/C14H20N4/c1-14(2)7-11(8-16-14)17-10-4-5-13-12(6-10)15-9-18(13)3/h4-6,9,11,16-17H,7-8H2,1-3H3. The molecular weight excluding hydrogens is 224 g/mol. The molecule has 1 unspecified atom stereocenters. The molecule has 4 heteroatoms. The fourth-order valence-electron chi connectivity index (χ4n) is 2.72. The zero-order valence-corrected chi connectivity index (χ0v) is 11.2. The molecule has 1 atom stereocenters. The van der Waals surface area contributed by atoms with Crippen molar-refractivity contribution >= 4 is 16.7 Å². The number of aryl methyl sites for hydroxylation is 1. The van der Waals surface area contributed by atoms with Crippen molar-refractivity contribution < 1.29 is 0 Å². The molecule has 18 heavy (non-hydrogen) atoms. The number of aromatic nitrogens is 2. The average Bonchev–Trinajstić information content (AvgIpc) is 2.83. The van der Waals surface area contributed by atoms with E-state index >= 15 is 0 Å². The van der Waals surface area contributed by atoms with Crippen LogP contribution in [0.3, 0.4) is 0 Å². The van der Waals surface area contributed by atoms with E-state index in [1.165, 1.54) is 5.52 Å². The predicted octanol–water partition coefficient (Wildman–Crippen LogP) is 2.13. The molecule has 1 fully saturated rings. The lowest BCUT2D eigenvalue weighted by Crippen LogP contribution is -2.31. The number of anilines is 1.